The number of piperidine rings is 1. The zero-order chi connectivity index (χ0) is 7.68. The molecule has 2 aliphatic rings. The van der Waals surface area contributed by atoms with Crippen LogP contribution in [-0.2, 0) is 4.74 Å². The van der Waals surface area contributed by atoms with E-state index in [4.69, 9.17) is 4.74 Å². The first kappa shape index (κ1) is 7.53. The van der Waals surface area contributed by atoms with E-state index in [2.05, 4.69) is 10.4 Å². The first-order chi connectivity index (χ1) is 5.42. The number of rotatable bonds is 1. The molecule has 0 saturated carbocycles. The summed E-state index contributed by atoms with van der Waals surface area (Å²) in [5.41, 5.74) is 3.26. The highest BCUT2D eigenvalue weighted by Gasteiger charge is 2.33. The lowest BCUT2D eigenvalue weighted by molar-refractivity contribution is -0.0948. The Bertz CT molecular complexity index is 118. The van der Waals surface area contributed by atoms with E-state index < -0.39 is 0 Å². The van der Waals surface area contributed by atoms with E-state index in [0.29, 0.717) is 12.1 Å². The summed E-state index contributed by atoms with van der Waals surface area (Å²) in [5, 5.41) is 2.37. The number of nitrogens with one attached hydrogen (secondary N) is 1. The Morgan fingerprint density at radius 3 is 2.36 bits per heavy atom. The normalized spacial score (nSPS) is 39.0. The van der Waals surface area contributed by atoms with Gasteiger partial charge >= 0.3 is 0 Å². The van der Waals surface area contributed by atoms with Crippen molar-refractivity contribution in [3.05, 3.63) is 0 Å². The molecule has 2 bridgehead atoms. The van der Waals surface area contributed by atoms with Crippen LogP contribution in [0.25, 0.3) is 0 Å². The summed E-state index contributed by atoms with van der Waals surface area (Å²) in [5.74, 6) is 0. The molecule has 0 aliphatic carbocycles. The van der Waals surface area contributed by atoms with E-state index in [0.717, 1.165) is 13.2 Å². The van der Waals surface area contributed by atoms with Crippen molar-refractivity contribution in [2.45, 2.75) is 31.3 Å². The van der Waals surface area contributed by atoms with Gasteiger partial charge in [-0.2, -0.15) is 0 Å². The van der Waals surface area contributed by atoms with Gasteiger partial charge in [0.15, 0.2) is 0 Å². The van der Waals surface area contributed by atoms with Crippen LogP contribution in [0.15, 0.2) is 0 Å². The number of morpholine rings is 1. The number of hydrogen-bond acceptors (Lipinski definition) is 3. The summed E-state index contributed by atoms with van der Waals surface area (Å²) >= 11 is 0. The molecule has 0 spiro atoms. The van der Waals surface area contributed by atoms with Crippen molar-refractivity contribution in [3.8, 4) is 0 Å². The van der Waals surface area contributed by atoms with Gasteiger partial charge in [0.05, 0.1) is 13.2 Å². The van der Waals surface area contributed by atoms with Gasteiger partial charge in [0, 0.05) is 12.1 Å². The Kier molecular flexibility index (Phi) is 2.11. The third-order valence-electron chi connectivity index (χ3n) is 2.74. The zero-order valence-electron chi connectivity index (χ0n) is 7.05. The summed E-state index contributed by atoms with van der Waals surface area (Å²) < 4.78 is 5.49. The summed E-state index contributed by atoms with van der Waals surface area (Å²) in [4.78, 5) is 0. The highest BCUT2D eigenvalue weighted by Crippen LogP contribution is 2.24. The Morgan fingerprint density at radius 2 is 1.91 bits per heavy atom. The molecule has 11 heavy (non-hydrogen) atoms. The van der Waals surface area contributed by atoms with Gasteiger partial charge < -0.3 is 4.74 Å². The number of fused-ring (bicyclic) bond motifs is 2. The van der Waals surface area contributed by atoms with Crippen molar-refractivity contribution in [2.75, 3.05) is 20.3 Å². The quantitative estimate of drug-likeness (QED) is 0.594. The highest BCUT2D eigenvalue weighted by molar-refractivity contribution is 4.84. The lowest BCUT2D eigenvalue weighted by Gasteiger charge is -2.44. The van der Waals surface area contributed by atoms with Crippen LogP contribution < -0.4 is 5.43 Å². The predicted octanol–water partition coefficient (Wildman–Crippen LogP) is 0.374. The van der Waals surface area contributed by atoms with E-state index in [1.54, 1.807) is 0 Å². The largest absolute Gasteiger partial charge is 0.378 e. The van der Waals surface area contributed by atoms with Gasteiger partial charge in [0.25, 0.3) is 0 Å². The summed E-state index contributed by atoms with van der Waals surface area (Å²) in [6, 6.07) is 1.26. The molecule has 1 N–H and O–H groups in total. The van der Waals surface area contributed by atoms with Crippen molar-refractivity contribution in [1.29, 1.82) is 0 Å². The standard InChI is InChI=1S/C8H16N2O/c1-9-10-7-3-2-4-8(10)6-11-5-7/h7-9H,2-6H2,1H3. The van der Waals surface area contributed by atoms with Crippen LogP contribution in [0.1, 0.15) is 19.3 Å². The Hall–Kier alpha value is -0.120. The average molecular weight is 156 g/mol. The third-order valence-corrected chi connectivity index (χ3v) is 2.74. The van der Waals surface area contributed by atoms with Crippen molar-refractivity contribution in [2.24, 2.45) is 0 Å². The molecule has 3 nitrogen and oxygen atoms in total. The molecule has 0 radical (unpaired) electrons. The molecule has 2 saturated heterocycles. The van der Waals surface area contributed by atoms with E-state index in [-0.39, 0.29) is 0 Å². The van der Waals surface area contributed by atoms with E-state index >= 15 is 0 Å². The second kappa shape index (κ2) is 3.09. The molecule has 2 unspecified atom stereocenters. The molecule has 0 aromatic carbocycles. The molecule has 2 atom stereocenters. The van der Waals surface area contributed by atoms with Crippen LogP contribution in [0, 0.1) is 0 Å². The second-order valence-electron chi connectivity index (χ2n) is 3.41. The van der Waals surface area contributed by atoms with E-state index in [9.17, 15) is 0 Å². The SMILES string of the molecule is CNN1C2CCCC1COC2. The maximum Gasteiger partial charge on any atom is 0.0636 e. The molecule has 0 aromatic rings. The van der Waals surface area contributed by atoms with Crippen LogP contribution in [-0.4, -0.2) is 37.4 Å². The topological polar surface area (TPSA) is 24.5 Å². The van der Waals surface area contributed by atoms with Crippen molar-refractivity contribution < 1.29 is 4.74 Å². The Balaban J connectivity index is 2.04. The van der Waals surface area contributed by atoms with Gasteiger partial charge in [-0.1, -0.05) is 6.42 Å². The zero-order valence-corrected chi connectivity index (χ0v) is 7.05. The number of ether oxygens (including phenoxy) is 1. The maximum absolute atomic E-state index is 5.49. The van der Waals surface area contributed by atoms with E-state index in [1.807, 2.05) is 7.05 Å². The van der Waals surface area contributed by atoms with Crippen molar-refractivity contribution >= 4 is 0 Å². The first-order valence-electron chi connectivity index (χ1n) is 4.45. The number of hydrazine groups is 1. The van der Waals surface area contributed by atoms with Crippen molar-refractivity contribution in [1.82, 2.24) is 10.4 Å². The molecular weight excluding hydrogens is 140 g/mol. The van der Waals surface area contributed by atoms with Crippen LogP contribution in [0.2, 0.25) is 0 Å². The average Bonchev–Trinajstić information content (AvgIpc) is 2.03. The maximum atomic E-state index is 5.49. The third kappa shape index (κ3) is 1.28. The second-order valence-corrected chi connectivity index (χ2v) is 3.41. The minimum absolute atomic E-state index is 0.632. The highest BCUT2D eigenvalue weighted by atomic mass is 16.5. The fourth-order valence-corrected chi connectivity index (χ4v) is 2.20. The Labute approximate surface area is 67.7 Å². The van der Waals surface area contributed by atoms with Gasteiger partial charge in [-0.15, -0.1) is 0 Å². The van der Waals surface area contributed by atoms with Gasteiger partial charge in [-0.25, -0.2) is 5.01 Å². The molecule has 3 heteroatoms. The summed E-state index contributed by atoms with van der Waals surface area (Å²) in [7, 11) is 2.01. The van der Waals surface area contributed by atoms with Crippen LogP contribution in [0.5, 0.6) is 0 Å². The molecule has 2 aliphatic heterocycles. The minimum atomic E-state index is 0.632. The van der Waals surface area contributed by atoms with Gasteiger partial charge in [-0.3, -0.25) is 5.43 Å². The smallest absolute Gasteiger partial charge is 0.0636 e. The molecule has 64 valence electrons. The predicted molar refractivity (Wildman–Crippen MR) is 43.1 cm³/mol. The molecule has 0 aromatic heterocycles. The van der Waals surface area contributed by atoms with Gasteiger partial charge in [0.1, 0.15) is 0 Å². The number of hydrogen-bond donors (Lipinski definition) is 1. The molecule has 2 heterocycles. The Morgan fingerprint density at radius 1 is 1.27 bits per heavy atom. The van der Waals surface area contributed by atoms with Crippen LogP contribution in [0.4, 0.5) is 0 Å². The molecular formula is C8H16N2O. The molecule has 2 fully saturated rings. The lowest BCUT2D eigenvalue weighted by atomic mass is 9.96. The van der Waals surface area contributed by atoms with E-state index in [1.165, 1.54) is 19.3 Å². The van der Waals surface area contributed by atoms with Crippen LogP contribution >= 0.6 is 0 Å². The molecule has 0 amide bonds. The summed E-state index contributed by atoms with van der Waals surface area (Å²) in [6.45, 7) is 1.83. The van der Waals surface area contributed by atoms with Gasteiger partial charge in [-0.05, 0) is 19.9 Å². The first-order valence-corrected chi connectivity index (χ1v) is 4.45. The summed E-state index contributed by atoms with van der Waals surface area (Å²) in [6.07, 6.45) is 3.95. The van der Waals surface area contributed by atoms with Crippen LogP contribution in [0.3, 0.4) is 0 Å². The van der Waals surface area contributed by atoms with Crippen molar-refractivity contribution in [3.63, 3.8) is 0 Å². The monoisotopic (exact) mass is 156 g/mol. The minimum Gasteiger partial charge on any atom is -0.378 e. The fourth-order valence-electron chi connectivity index (χ4n) is 2.20. The van der Waals surface area contributed by atoms with Gasteiger partial charge in [0.2, 0.25) is 0 Å². The fraction of sp³-hybridized carbons (Fsp3) is 1.00. The lowest BCUT2D eigenvalue weighted by Crippen LogP contribution is -2.59. The molecule has 2 rings (SSSR count). The number of nitrogens with zero attached hydrogens (tertiary/aromatic N) is 1.